The van der Waals surface area contributed by atoms with Crippen molar-refractivity contribution in [3.63, 3.8) is 0 Å². The molecule has 1 aromatic rings. The summed E-state index contributed by atoms with van der Waals surface area (Å²) < 4.78 is 25.6. The molecule has 1 N–H and O–H groups in total. The van der Waals surface area contributed by atoms with Crippen LogP contribution in [0.25, 0.3) is 0 Å². The molecule has 0 atom stereocenters. The topological polar surface area (TPSA) is 12.0 Å². The lowest BCUT2D eigenvalue weighted by molar-refractivity contribution is 0.511. The van der Waals surface area contributed by atoms with E-state index in [2.05, 4.69) is 5.32 Å². The Morgan fingerprint density at radius 2 is 2.00 bits per heavy atom. The van der Waals surface area contributed by atoms with Crippen LogP contribution in [0.3, 0.4) is 0 Å². The molecule has 0 unspecified atom stereocenters. The summed E-state index contributed by atoms with van der Waals surface area (Å²) in [4.78, 5) is 0. The molecule has 0 aromatic heterocycles. The first kappa shape index (κ1) is 7.53. The molecule has 2 rings (SSSR count). The molecule has 0 amide bonds. The maximum Gasteiger partial charge on any atom is 0.181 e. The van der Waals surface area contributed by atoms with E-state index in [4.69, 9.17) is 0 Å². The molecule has 0 spiro atoms. The Morgan fingerprint density at radius 1 is 1.25 bits per heavy atom. The highest BCUT2D eigenvalue weighted by molar-refractivity contribution is 5.46. The molecule has 64 valence electrons. The zero-order valence-electron chi connectivity index (χ0n) is 6.48. The van der Waals surface area contributed by atoms with Crippen molar-refractivity contribution < 1.29 is 8.78 Å². The van der Waals surface area contributed by atoms with Crippen LogP contribution in [0.15, 0.2) is 18.2 Å². The normalized spacial score (nSPS) is 16.2. The number of hydrogen-bond donors (Lipinski definition) is 1. The van der Waals surface area contributed by atoms with E-state index in [9.17, 15) is 8.78 Å². The van der Waals surface area contributed by atoms with Gasteiger partial charge in [-0.25, -0.2) is 8.78 Å². The van der Waals surface area contributed by atoms with E-state index < -0.39 is 11.6 Å². The van der Waals surface area contributed by atoms with Crippen molar-refractivity contribution in [3.05, 3.63) is 29.8 Å². The van der Waals surface area contributed by atoms with E-state index in [1.54, 1.807) is 6.07 Å². The molecular weight excluding hydrogens is 160 g/mol. The van der Waals surface area contributed by atoms with Crippen LogP contribution in [0.2, 0.25) is 0 Å². The molecular formula is C9H9F2N. The SMILES string of the molecule is Fc1cccc(NC2CC2)c1F. The third-order valence-electron chi connectivity index (χ3n) is 1.89. The first-order valence-corrected chi connectivity index (χ1v) is 3.98. The molecule has 0 bridgehead atoms. The molecule has 0 aliphatic heterocycles. The molecule has 1 aromatic carbocycles. The van der Waals surface area contributed by atoms with Crippen molar-refractivity contribution in [2.75, 3.05) is 5.32 Å². The maximum atomic E-state index is 13.0. The highest BCUT2D eigenvalue weighted by Crippen LogP contribution is 2.26. The zero-order valence-corrected chi connectivity index (χ0v) is 6.48. The van der Waals surface area contributed by atoms with Crippen LogP contribution in [-0.4, -0.2) is 6.04 Å². The van der Waals surface area contributed by atoms with Gasteiger partial charge in [0, 0.05) is 6.04 Å². The van der Waals surface area contributed by atoms with Gasteiger partial charge in [-0.3, -0.25) is 0 Å². The summed E-state index contributed by atoms with van der Waals surface area (Å²) in [6, 6.07) is 4.52. The standard InChI is InChI=1S/C9H9F2N/c10-7-2-1-3-8(9(7)11)12-6-4-5-6/h1-3,6,12H,4-5H2. The maximum absolute atomic E-state index is 13.0. The minimum Gasteiger partial charge on any atom is -0.380 e. The second-order valence-corrected chi connectivity index (χ2v) is 3.02. The van der Waals surface area contributed by atoms with Crippen LogP contribution in [0.5, 0.6) is 0 Å². The third kappa shape index (κ3) is 1.40. The Bertz CT molecular complexity index is 295. The summed E-state index contributed by atoms with van der Waals surface area (Å²) >= 11 is 0. The third-order valence-corrected chi connectivity index (χ3v) is 1.89. The van der Waals surface area contributed by atoms with Crippen molar-refractivity contribution in [3.8, 4) is 0 Å². The molecule has 1 aliphatic rings. The van der Waals surface area contributed by atoms with Gasteiger partial charge in [0.1, 0.15) is 0 Å². The molecule has 0 radical (unpaired) electrons. The average Bonchev–Trinajstić information content (AvgIpc) is 2.83. The van der Waals surface area contributed by atoms with Crippen molar-refractivity contribution in [2.24, 2.45) is 0 Å². The fourth-order valence-electron chi connectivity index (χ4n) is 1.06. The first-order chi connectivity index (χ1) is 5.77. The summed E-state index contributed by atoms with van der Waals surface area (Å²) in [5.41, 5.74) is 0.275. The molecule has 12 heavy (non-hydrogen) atoms. The van der Waals surface area contributed by atoms with Crippen molar-refractivity contribution >= 4 is 5.69 Å². The van der Waals surface area contributed by atoms with E-state index >= 15 is 0 Å². The van der Waals surface area contributed by atoms with Gasteiger partial charge >= 0.3 is 0 Å². The number of rotatable bonds is 2. The highest BCUT2D eigenvalue weighted by Gasteiger charge is 2.22. The second kappa shape index (κ2) is 2.73. The summed E-state index contributed by atoms with van der Waals surface area (Å²) in [6.07, 6.45) is 2.10. The lowest BCUT2D eigenvalue weighted by Gasteiger charge is -2.05. The van der Waals surface area contributed by atoms with Gasteiger partial charge in [-0.1, -0.05) is 6.07 Å². The Kier molecular flexibility index (Phi) is 1.71. The number of halogens is 2. The van der Waals surface area contributed by atoms with E-state index in [0.717, 1.165) is 18.9 Å². The molecule has 1 fully saturated rings. The van der Waals surface area contributed by atoms with Crippen LogP contribution >= 0.6 is 0 Å². The lowest BCUT2D eigenvalue weighted by atomic mass is 10.3. The highest BCUT2D eigenvalue weighted by atomic mass is 19.2. The Balaban J connectivity index is 2.23. The molecule has 1 aliphatic carbocycles. The van der Waals surface area contributed by atoms with Gasteiger partial charge in [-0.2, -0.15) is 0 Å². The van der Waals surface area contributed by atoms with E-state index in [1.807, 2.05) is 0 Å². The van der Waals surface area contributed by atoms with Gasteiger partial charge in [-0.15, -0.1) is 0 Å². The monoisotopic (exact) mass is 169 g/mol. The number of nitrogens with one attached hydrogen (secondary N) is 1. The first-order valence-electron chi connectivity index (χ1n) is 3.98. The average molecular weight is 169 g/mol. The van der Waals surface area contributed by atoms with Gasteiger partial charge in [0.15, 0.2) is 11.6 Å². The number of anilines is 1. The minimum atomic E-state index is -0.791. The van der Waals surface area contributed by atoms with Crippen LogP contribution < -0.4 is 5.32 Å². The predicted octanol–water partition coefficient (Wildman–Crippen LogP) is 2.54. The van der Waals surface area contributed by atoms with Crippen LogP contribution in [0.1, 0.15) is 12.8 Å². The van der Waals surface area contributed by atoms with Gasteiger partial charge in [0.25, 0.3) is 0 Å². The Hall–Kier alpha value is -1.12. The van der Waals surface area contributed by atoms with Crippen molar-refractivity contribution in [1.82, 2.24) is 0 Å². The van der Waals surface area contributed by atoms with Gasteiger partial charge < -0.3 is 5.32 Å². The number of benzene rings is 1. The Labute approximate surface area is 69.4 Å². The van der Waals surface area contributed by atoms with Gasteiger partial charge in [0.2, 0.25) is 0 Å². The van der Waals surface area contributed by atoms with Crippen molar-refractivity contribution in [2.45, 2.75) is 18.9 Å². The summed E-state index contributed by atoms with van der Waals surface area (Å²) in [6.45, 7) is 0. The van der Waals surface area contributed by atoms with E-state index in [-0.39, 0.29) is 5.69 Å². The van der Waals surface area contributed by atoms with Crippen LogP contribution in [0.4, 0.5) is 14.5 Å². The summed E-state index contributed by atoms with van der Waals surface area (Å²) in [7, 11) is 0. The van der Waals surface area contributed by atoms with Crippen LogP contribution in [0, 0.1) is 11.6 Å². The molecule has 3 heteroatoms. The van der Waals surface area contributed by atoms with Crippen LogP contribution in [-0.2, 0) is 0 Å². The zero-order chi connectivity index (χ0) is 8.55. The predicted molar refractivity (Wildman–Crippen MR) is 43.0 cm³/mol. The second-order valence-electron chi connectivity index (χ2n) is 3.02. The Morgan fingerprint density at radius 3 is 2.67 bits per heavy atom. The van der Waals surface area contributed by atoms with Gasteiger partial charge in [-0.05, 0) is 25.0 Å². The van der Waals surface area contributed by atoms with Gasteiger partial charge in [0.05, 0.1) is 5.69 Å². The largest absolute Gasteiger partial charge is 0.380 e. The smallest absolute Gasteiger partial charge is 0.181 e. The van der Waals surface area contributed by atoms with E-state index in [0.29, 0.717) is 6.04 Å². The number of hydrogen-bond acceptors (Lipinski definition) is 1. The molecule has 0 heterocycles. The quantitative estimate of drug-likeness (QED) is 0.717. The molecule has 0 saturated heterocycles. The molecule has 1 saturated carbocycles. The fourth-order valence-corrected chi connectivity index (χ4v) is 1.06. The summed E-state index contributed by atoms with van der Waals surface area (Å²) in [5.74, 6) is -1.56. The summed E-state index contributed by atoms with van der Waals surface area (Å²) in [5, 5.41) is 2.91. The van der Waals surface area contributed by atoms with E-state index in [1.165, 1.54) is 6.07 Å². The van der Waals surface area contributed by atoms with Crippen molar-refractivity contribution in [1.29, 1.82) is 0 Å². The molecule has 1 nitrogen and oxygen atoms in total. The lowest BCUT2D eigenvalue weighted by Crippen LogP contribution is -2.03. The fraction of sp³-hybridized carbons (Fsp3) is 0.333. The minimum absolute atomic E-state index is 0.275.